The lowest BCUT2D eigenvalue weighted by molar-refractivity contribution is 0.0997. The molecule has 4 rings (SSSR count). The Bertz CT molecular complexity index is 1340. The number of hydrogen-bond acceptors (Lipinski definition) is 8. The van der Waals surface area contributed by atoms with Crippen molar-refractivity contribution in [3.8, 4) is 0 Å². The molecule has 1 N–H and O–H groups in total. The SMILES string of the molecule is Cc1nnc(SCc2c(C(=O)Nc3ccccc3S(C)(=O)=O)oc3ccccc23)s1. The average molecular weight is 460 g/mol. The summed E-state index contributed by atoms with van der Waals surface area (Å²) in [6.45, 7) is 1.88. The van der Waals surface area contributed by atoms with Crippen LogP contribution in [-0.2, 0) is 15.6 Å². The Labute approximate surface area is 181 Å². The molecule has 0 atom stereocenters. The third kappa shape index (κ3) is 4.25. The molecular weight excluding hydrogens is 442 g/mol. The molecule has 0 spiro atoms. The fourth-order valence-electron chi connectivity index (χ4n) is 2.97. The molecule has 0 fully saturated rings. The number of carbonyl (C=O) groups excluding carboxylic acids is 1. The summed E-state index contributed by atoms with van der Waals surface area (Å²) in [6.07, 6.45) is 1.10. The number of anilines is 1. The van der Waals surface area contributed by atoms with Gasteiger partial charge in [-0.05, 0) is 25.1 Å². The fourth-order valence-corrected chi connectivity index (χ4v) is 5.66. The van der Waals surface area contributed by atoms with Gasteiger partial charge in [0.05, 0.1) is 10.6 Å². The normalized spacial score (nSPS) is 11.7. The number of fused-ring (bicyclic) bond motifs is 1. The first kappa shape index (κ1) is 20.6. The molecule has 0 bridgehead atoms. The van der Waals surface area contributed by atoms with Crippen molar-refractivity contribution in [3.63, 3.8) is 0 Å². The van der Waals surface area contributed by atoms with E-state index in [-0.39, 0.29) is 16.3 Å². The number of aromatic nitrogens is 2. The van der Waals surface area contributed by atoms with Gasteiger partial charge in [0.25, 0.3) is 5.91 Å². The molecule has 30 heavy (non-hydrogen) atoms. The van der Waals surface area contributed by atoms with Gasteiger partial charge in [-0.3, -0.25) is 4.79 Å². The minimum atomic E-state index is -3.50. The van der Waals surface area contributed by atoms with Gasteiger partial charge in [-0.2, -0.15) is 0 Å². The van der Waals surface area contributed by atoms with Crippen LogP contribution in [0, 0.1) is 6.92 Å². The van der Waals surface area contributed by atoms with Crippen LogP contribution in [0.25, 0.3) is 11.0 Å². The van der Waals surface area contributed by atoms with Crippen molar-refractivity contribution < 1.29 is 17.6 Å². The quantitative estimate of drug-likeness (QED) is 0.422. The van der Waals surface area contributed by atoms with Crippen LogP contribution in [0.15, 0.2) is 62.2 Å². The van der Waals surface area contributed by atoms with Crippen LogP contribution in [0.4, 0.5) is 5.69 Å². The van der Waals surface area contributed by atoms with Crippen LogP contribution in [0.2, 0.25) is 0 Å². The number of carbonyl (C=O) groups is 1. The predicted octanol–water partition coefficient (Wildman–Crippen LogP) is 4.54. The van der Waals surface area contributed by atoms with Crippen molar-refractivity contribution in [2.75, 3.05) is 11.6 Å². The van der Waals surface area contributed by atoms with Gasteiger partial charge in [0.15, 0.2) is 19.9 Å². The number of rotatable bonds is 6. The number of para-hydroxylation sites is 2. The fraction of sp³-hybridized carbons (Fsp3) is 0.150. The van der Waals surface area contributed by atoms with Crippen molar-refractivity contribution in [1.29, 1.82) is 0 Å². The lowest BCUT2D eigenvalue weighted by Crippen LogP contribution is -2.15. The minimum Gasteiger partial charge on any atom is -0.451 e. The Morgan fingerprint density at radius 3 is 2.60 bits per heavy atom. The van der Waals surface area contributed by atoms with Gasteiger partial charge in [0.2, 0.25) is 0 Å². The second kappa shape index (κ2) is 8.21. The Hall–Kier alpha value is -2.69. The molecule has 4 aromatic rings. The zero-order chi connectivity index (χ0) is 21.3. The van der Waals surface area contributed by atoms with Gasteiger partial charge in [0.1, 0.15) is 10.6 Å². The standard InChI is InChI=1S/C20H17N3O4S3/c1-12-22-23-20(29-12)28-11-14-13-7-3-5-9-16(13)27-18(14)19(24)21-15-8-4-6-10-17(15)30(2,25)26/h3-10H,11H2,1-2H3,(H,21,24). The number of hydrogen-bond donors (Lipinski definition) is 1. The number of thioether (sulfide) groups is 1. The maximum Gasteiger partial charge on any atom is 0.291 e. The molecule has 0 radical (unpaired) electrons. The molecule has 2 heterocycles. The van der Waals surface area contributed by atoms with Crippen LogP contribution in [-0.4, -0.2) is 30.8 Å². The zero-order valence-electron chi connectivity index (χ0n) is 16.1. The summed E-state index contributed by atoms with van der Waals surface area (Å²) in [4.78, 5) is 13.1. The van der Waals surface area contributed by atoms with E-state index in [0.29, 0.717) is 11.3 Å². The molecule has 154 valence electrons. The van der Waals surface area contributed by atoms with E-state index in [0.717, 1.165) is 26.6 Å². The van der Waals surface area contributed by atoms with Gasteiger partial charge in [-0.25, -0.2) is 8.42 Å². The van der Waals surface area contributed by atoms with Crippen molar-refractivity contribution >= 4 is 55.5 Å². The molecule has 10 heteroatoms. The first-order valence-electron chi connectivity index (χ1n) is 8.86. The first-order chi connectivity index (χ1) is 14.3. The summed E-state index contributed by atoms with van der Waals surface area (Å²) in [5.74, 6) is 0.0989. The molecule has 0 unspecified atom stereocenters. The maximum absolute atomic E-state index is 13.1. The summed E-state index contributed by atoms with van der Waals surface area (Å²) in [5, 5.41) is 12.5. The summed E-state index contributed by atoms with van der Waals surface area (Å²) in [5.41, 5.74) is 1.52. The Balaban J connectivity index is 1.69. The molecule has 0 saturated carbocycles. The van der Waals surface area contributed by atoms with E-state index >= 15 is 0 Å². The molecule has 0 saturated heterocycles. The largest absolute Gasteiger partial charge is 0.451 e. The molecule has 0 aliphatic rings. The lowest BCUT2D eigenvalue weighted by Gasteiger charge is -2.09. The van der Waals surface area contributed by atoms with E-state index in [1.807, 2.05) is 25.1 Å². The number of furan rings is 1. The second-order valence-electron chi connectivity index (χ2n) is 6.50. The molecule has 7 nitrogen and oxygen atoms in total. The summed E-state index contributed by atoms with van der Waals surface area (Å²) < 4.78 is 30.7. The van der Waals surface area contributed by atoms with Crippen LogP contribution < -0.4 is 5.32 Å². The second-order valence-corrected chi connectivity index (χ2v) is 10.9. The van der Waals surface area contributed by atoms with E-state index in [1.165, 1.54) is 29.2 Å². The van der Waals surface area contributed by atoms with E-state index in [4.69, 9.17) is 4.42 Å². The van der Waals surface area contributed by atoms with Crippen LogP contribution in [0.3, 0.4) is 0 Å². The van der Waals surface area contributed by atoms with Crippen molar-refractivity contribution in [1.82, 2.24) is 10.2 Å². The van der Waals surface area contributed by atoms with Crippen LogP contribution in [0.5, 0.6) is 0 Å². The molecule has 2 aromatic heterocycles. The van der Waals surface area contributed by atoms with E-state index in [2.05, 4.69) is 15.5 Å². The summed E-state index contributed by atoms with van der Waals surface area (Å²) >= 11 is 2.95. The van der Waals surface area contributed by atoms with Gasteiger partial charge in [-0.1, -0.05) is 53.4 Å². The number of nitrogens with one attached hydrogen (secondary N) is 1. The number of nitrogens with zero attached hydrogens (tertiary/aromatic N) is 2. The highest BCUT2D eigenvalue weighted by Gasteiger charge is 2.23. The Kier molecular flexibility index (Phi) is 5.63. The van der Waals surface area contributed by atoms with Gasteiger partial charge >= 0.3 is 0 Å². The van der Waals surface area contributed by atoms with Crippen molar-refractivity contribution in [2.24, 2.45) is 0 Å². The van der Waals surface area contributed by atoms with Crippen LogP contribution >= 0.6 is 23.1 Å². The van der Waals surface area contributed by atoms with E-state index in [1.54, 1.807) is 24.3 Å². The highest BCUT2D eigenvalue weighted by Crippen LogP contribution is 2.33. The monoisotopic (exact) mass is 459 g/mol. The lowest BCUT2D eigenvalue weighted by atomic mass is 10.1. The molecule has 0 aliphatic carbocycles. The van der Waals surface area contributed by atoms with Gasteiger partial charge in [0, 0.05) is 23.0 Å². The highest BCUT2D eigenvalue weighted by atomic mass is 32.2. The third-order valence-electron chi connectivity index (χ3n) is 4.29. The molecule has 1 amide bonds. The number of amides is 1. The summed E-state index contributed by atoms with van der Waals surface area (Å²) in [6, 6.07) is 13.7. The summed E-state index contributed by atoms with van der Waals surface area (Å²) in [7, 11) is -3.50. The number of aryl methyl sites for hydroxylation is 1. The van der Waals surface area contributed by atoms with Gasteiger partial charge in [-0.15, -0.1) is 10.2 Å². The maximum atomic E-state index is 13.1. The first-order valence-corrected chi connectivity index (χ1v) is 12.6. The predicted molar refractivity (Wildman–Crippen MR) is 118 cm³/mol. The third-order valence-corrected chi connectivity index (χ3v) is 7.44. The smallest absolute Gasteiger partial charge is 0.291 e. The minimum absolute atomic E-state index is 0.0507. The van der Waals surface area contributed by atoms with E-state index < -0.39 is 15.7 Å². The molecule has 0 aliphatic heterocycles. The Morgan fingerprint density at radius 1 is 1.13 bits per heavy atom. The van der Waals surface area contributed by atoms with Gasteiger partial charge < -0.3 is 9.73 Å². The topological polar surface area (TPSA) is 102 Å². The Morgan fingerprint density at radius 2 is 1.87 bits per heavy atom. The highest BCUT2D eigenvalue weighted by molar-refractivity contribution is 8.00. The molecule has 2 aromatic carbocycles. The molecular formula is C20H17N3O4S3. The average Bonchev–Trinajstić information content (AvgIpc) is 3.29. The van der Waals surface area contributed by atoms with Crippen LogP contribution in [0.1, 0.15) is 21.1 Å². The number of sulfone groups is 1. The van der Waals surface area contributed by atoms with Crippen molar-refractivity contribution in [3.05, 3.63) is 64.9 Å². The number of benzene rings is 2. The van der Waals surface area contributed by atoms with Crippen molar-refractivity contribution in [2.45, 2.75) is 21.9 Å². The zero-order valence-corrected chi connectivity index (χ0v) is 18.5. The van der Waals surface area contributed by atoms with E-state index in [9.17, 15) is 13.2 Å².